The minimum Gasteiger partial charge on any atom is -0.444 e. The molecule has 1 aliphatic carbocycles. The van der Waals surface area contributed by atoms with Crippen LogP contribution in [0.2, 0.25) is 0 Å². The first-order chi connectivity index (χ1) is 8.87. The molecule has 118 valence electrons. The summed E-state index contributed by atoms with van der Waals surface area (Å²) in [6.45, 7) is 7.29. The lowest BCUT2D eigenvalue weighted by Gasteiger charge is -2.23. The molecule has 0 spiro atoms. The normalized spacial score (nSPS) is 15.8. The van der Waals surface area contributed by atoms with Crippen molar-refractivity contribution in [2.75, 3.05) is 19.6 Å². The van der Waals surface area contributed by atoms with E-state index in [-0.39, 0.29) is 24.0 Å². The van der Waals surface area contributed by atoms with Gasteiger partial charge in [0.15, 0.2) is 5.96 Å². The lowest BCUT2D eigenvalue weighted by molar-refractivity contribution is 0.0529. The van der Waals surface area contributed by atoms with Crippen molar-refractivity contribution < 1.29 is 9.53 Å². The van der Waals surface area contributed by atoms with Crippen LogP contribution in [-0.2, 0) is 4.74 Å². The van der Waals surface area contributed by atoms with Crippen LogP contribution in [0.3, 0.4) is 0 Å². The van der Waals surface area contributed by atoms with E-state index in [1.807, 2.05) is 20.8 Å². The largest absolute Gasteiger partial charge is 0.444 e. The Bertz CT molecular complexity index is 325. The van der Waals surface area contributed by atoms with E-state index in [0.29, 0.717) is 25.0 Å². The van der Waals surface area contributed by atoms with Gasteiger partial charge < -0.3 is 21.1 Å². The van der Waals surface area contributed by atoms with Gasteiger partial charge in [-0.25, -0.2) is 4.79 Å². The number of rotatable bonds is 5. The maximum Gasteiger partial charge on any atom is 0.407 e. The molecular weight excluding hydrogens is 371 g/mol. The van der Waals surface area contributed by atoms with E-state index in [4.69, 9.17) is 10.5 Å². The number of halogens is 1. The van der Waals surface area contributed by atoms with Gasteiger partial charge in [0.25, 0.3) is 0 Å². The molecule has 4 N–H and O–H groups in total. The molecule has 1 amide bonds. The predicted molar refractivity (Wildman–Crippen MR) is 91.5 cm³/mol. The third-order valence-electron chi connectivity index (χ3n) is 2.84. The summed E-state index contributed by atoms with van der Waals surface area (Å²) in [4.78, 5) is 15.6. The quantitative estimate of drug-likeness (QED) is 0.285. The average Bonchev–Trinajstić information content (AvgIpc) is 2.19. The van der Waals surface area contributed by atoms with Crippen LogP contribution in [0.4, 0.5) is 4.79 Å². The molecule has 0 saturated heterocycles. The van der Waals surface area contributed by atoms with Crippen molar-refractivity contribution in [1.82, 2.24) is 10.6 Å². The van der Waals surface area contributed by atoms with Gasteiger partial charge in [-0.2, -0.15) is 0 Å². The molecule has 0 aromatic carbocycles. The predicted octanol–water partition coefficient (Wildman–Crippen LogP) is 1.83. The number of nitrogens with zero attached hydrogens (tertiary/aromatic N) is 1. The number of carbonyl (C=O) groups excluding carboxylic acids is 1. The number of alkyl carbamates (subject to hydrolysis) is 1. The van der Waals surface area contributed by atoms with Crippen LogP contribution in [0.15, 0.2) is 4.99 Å². The number of carbonyl (C=O) groups is 1. The van der Waals surface area contributed by atoms with Crippen molar-refractivity contribution in [1.29, 1.82) is 0 Å². The summed E-state index contributed by atoms with van der Waals surface area (Å²) in [5, 5.41) is 5.61. The third-order valence-corrected chi connectivity index (χ3v) is 2.84. The average molecular weight is 398 g/mol. The molecule has 7 heteroatoms. The topological polar surface area (TPSA) is 88.7 Å². The van der Waals surface area contributed by atoms with E-state index >= 15 is 0 Å². The molecule has 0 heterocycles. The number of nitrogens with two attached hydrogens (primary N) is 1. The second kappa shape index (κ2) is 9.25. The van der Waals surface area contributed by atoms with Crippen molar-refractivity contribution in [2.45, 2.75) is 45.6 Å². The summed E-state index contributed by atoms with van der Waals surface area (Å²) in [6, 6.07) is 0. The SMILES string of the molecule is CC(C)(C)OC(=O)NCCNC(N)=NCC1CCC1.I. The molecular formula is C13H27IN4O2. The van der Waals surface area contributed by atoms with Gasteiger partial charge in [-0.3, -0.25) is 4.99 Å². The van der Waals surface area contributed by atoms with Crippen LogP contribution in [0, 0.1) is 5.92 Å². The van der Waals surface area contributed by atoms with Gasteiger partial charge in [0, 0.05) is 19.6 Å². The number of hydrogen-bond donors (Lipinski definition) is 3. The van der Waals surface area contributed by atoms with Crippen LogP contribution in [0.1, 0.15) is 40.0 Å². The summed E-state index contributed by atoms with van der Waals surface area (Å²) in [6.07, 6.45) is 3.42. The molecule has 0 aliphatic heterocycles. The fourth-order valence-corrected chi connectivity index (χ4v) is 1.63. The van der Waals surface area contributed by atoms with E-state index in [1.54, 1.807) is 0 Å². The van der Waals surface area contributed by atoms with E-state index < -0.39 is 11.7 Å². The Morgan fingerprint density at radius 2 is 1.90 bits per heavy atom. The zero-order chi connectivity index (χ0) is 14.3. The summed E-state index contributed by atoms with van der Waals surface area (Å²) >= 11 is 0. The van der Waals surface area contributed by atoms with Crippen LogP contribution < -0.4 is 16.4 Å². The second-order valence-electron chi connectivity index (χ2n) is 5.88. The van der Waals surface area contributed by atoms with E-state index in [0.717, 1.165) is 6.54 Å². The van der Waals surface area contributed by atoms with Crippen molar-refractivity contribution in [3.8, 4) is 0 Å². The first kappa shape index (κ1) is 19.3. The van der Waals surface area contributed by atoms with Crippen LogP contribution in [-0.4, -0.2) is 37.3 Å². The Hall–Kier alpha value is -0.730. The molecule has 20 heavy (non-hydrogen) atoms. The number of guanidine groups is 1. The summed E-state index contributed by atoms with van der Waals surface area (Å²) in [7, 11) is 0. The molecule has 0 aromatic rings. The fraction of sp³-hybridized carbons (Fsp3) is 0.846. The molecule has 0 bridgehead atoms. The number of aliphatic imine (C=N–C) groups is 1. The van der Waals surface area contributed by atoms with Crippen molar-refractivity contribution in [3.63, 3.8) is 0 Å². The molecule has 6 nitrogen and oxygen atoms in total. The van der Waals surface area contributed by atoms with Crippen LogP contribution in [0.25, 0.3) is 0 Å². The number of hydrogen-bond acceptors (Lipinski definition) is 3. The number of ether oxygens (including phenoxy) is 1. The molecule has 0 radical (unpaired) electrons. The summed E-state index contributed by atoms with van der Waals surface area (Å²) < 4.78 is 5.11. The third kappa shape index (κ3) is 9.22. The van der Waals surface area contributed by atoms with Gasteiger partial charge >= 0.3 is 6.09 Å². The Kier molecular flexibility index (Phi) is 8.91. The summed E-state index contributed by atoms with van der Waals surface area (Å²) in [5.41, 5.74) is 5.24. The standard InChI is InChI=1S/C13H26N4O2.HI/c1-13(2,3)19-12(18)16-8-7-15-11(14)17-9-10-5-4-6-10;/h10H,4-9H2,1-3H3,(H,16,18)(H3,14,15,17);1H. The highest BCUT2D eigenvalue weighted by Gasteiger charge is 2.16. The Morgan fingerprint density at radius 1 is 1.30 bits per heavy atom. The van der Waals surface area contributed by atoms with Crippen molar-refractivity contribution in [2.24, 2.45) is 16.6 Å². The first-order valence-electron chi connectivity index (χ1n) is 6.87. The molecule has 1 saturated carbocycles. The molecule has 0 unspecified atom stereocenters. The minimum absolute atomic E-state index is 0. The maximum absolute atomic E-state index is 11.3. The minimum atomic E-state index is -0.471. The Morgan fingerprint density at radius 3 is 2.40 bits per heavy atom. The zero-order valence-electron chi connectivity index (χ0n) is 12.6. The van der Waals surface area contributed by atoms with Gasteiger partial charge in [-0.1, -0.05) is 6.42 Å². The van der Waals surface area contributed by atoms with E-state index in [9.17, 15) is 4.79 Å². The van der Waals surface area contributed by atoms with Crippen LogP contribution >= 0.6 is 24.0 Å². The monoisotopic (exact) mass is 398 g/mol. The van der Waals surface area contributed by atoms with Crippen molar-refractivity contribution in [3.05, 3.63) is 0 Å². The van der Waals surface area contributed by atoms with E-state index in [1.165, 1.54) is 19.3 Å². The molecule has 1 fully saturated rings. The highest BCUT2D eigenvalue weighted by atomic mass is 127. The lowest BCUT2D eigenvalue weighted by atomic mass is 9.86. The zero-order valence-corrected chi connectivity index (χ0v) is 14.9. The van der Waals surface area contributed by atoms with Gasteiger partial charge in [-0.15, -0.1) is 24.0 Å². The second-order valence-corrected chi connectivity index (χ2v) is 5.88. The number of amides is 1. The fourth-order valence-electron chi connectivity index (χ4n) is 1.63. The smallest absolute Gasteiger partial charge is 0.407 e. The first-order valence-corrected chi connectivity index (χ1v) is 6.87. The molecule has 1 rings (SSSR count). The van der Waals surface area contributed by atoms with Gasteiger partial charge in [-0.05, 0) is 39.5 Å². The summed E-state index contributed by atoms with van der Waals surface area (Å²) in [5.74, 6) is 1.15. The number of nitrogens with one attached hydrogen (secondary N) is 2. The van der Waals surface area contributed by atoms with Gasteiger partial charge in [0.05, 0.1) is 0 Å². The highest BCUT2D eigenvalue weighted by Crippen LogP contribution is 2.26. The Balaban J connectivity index is 0.00000361. The molecule has 1 aliphatic rings. The van der Waals surface area contributed by atoms with E-state index in [2.05, 4.69) is 15.6 Å². The molecule has 0 aromatic heterocycles. The highest BCUT2D eigenvalue weighted by molar-refractivity contribution is 14.0. The lowest BCUT2D eigenvalue weighted by Crippen LogP contribution is -2.40. The van der Waals surface area contributed by atoms with Crippen LogP contribution in [0.5, 0.6) is 0 Å². The molecule has 0 atom stereocenters. The van der Waals surface area contributed by atoms with Crippen molar-refractivity contribution >= 4 is 36.0 Å². The van der Waals surface area contributed by atoms with Gasteiger partial charge in [0.1, 0.15) is 5.60 Å². The Labute approximate surface area is 138 Å². The maximum atomic E-state index is 11.3. The van der Waals surface area contributed by atoms with Gasteiger partial charge in [0.2, 0.25) is 0 Å².